The van der Waals surface area contributed by atoms with Gasteiger partial charge in [-0.25, -0.2) is 0 Å². The van der Waals surface area contributed by atoms with E-state index >= 15 is 0 Å². The van der Waals surface area contributed by atoms with Crippen LogP contribution in [0.15, 0.2) is 0 Å². The maximum atomic E-state index is 11.9. The molecule has 3 heteroatoms. The minimum atomic E-state index is -0.231. The van der Waals surface area contributed by atoms with Crippen molar-refractivity contribution in [1.29, 1.82) is 0 Å². The largest absolute Gasteiger partial charge is 0.356 e. The molecule has 0 spiro atoms. The lowest BCUT2D eigenvalue weighted by Crippen LogP contribution is -2.53. The Morgan fingerprint density at radius 2 is 2.13 bits per heavy atom. The third kappa shape index (κ3) is 2.94. The molecule has 3 nitrogen and oxygen atoms in total. The molecule has 1 fully saturated rings. The van der Waals surface area contributed by atoms with Crippen molar-refractivity contribution in [3.8, 4) is 0 Å². The highest BCUT2D eigenvalue weighted by molar-refractivity contribution is 5.83. The van der Waals surface area contributed by atoms with Crippen molar-refractivity contribution < 1.29 is 4.79 Å². The molecule has 1 aliphatic rings. The lowest BCUT2D eigenvalue weighted by molar-refractivity contribution is -0.138. The van der Waals surface area contributed by atoms with Crippen LogP contribution in [0.3, 0.4) is 0 Å². The number of unbranched alkanes of at least 4 members (excludes halogenated alkanes) is 2. The molecule has 1 aliphatic carbocycles. The molecule has 0 atom stereocenters. The molecule has 0 bridgehead atoms. The maximum Gasteiger partial charge on any atom is 0.227 e. The summed E-state index contributed by atoms with van der Waals surface area (Å²) in [7, 11) is 0. The molecule has 1 rings (SSSR count). The Bertz CT molecular complexity index is 210. The second-order valence-corrected chi connectivity index (χ2v) is 4.96. The first-order valence-corrected chi connectivity index (χ1v) is 6.13. The molecule has 0 aromatic carbocycles. The fourth-order valence-corrected chi connectivity index (χ4v) is 2.48. The predicted octanol–water partition coefficient (Wildman–Crippen LogP) is 1.67. The van der Waals surface area contributed by atoms with Crippen molar-refractivity contribution in [3.05, 3.63) is 0 Å². The Balaban J connectivity index is 2.26. The Labute approximate surface area is 92.8 Å². The monoisotopic (exact) mass is 212 g/mol. The van der Waals surface area contributed by atoms with Gasteiger partial charge in [0.25, 0.3) is 0 Å². The van der Waals surface area contributed by atoms with Crippen molar-refractivity contribution in [2.75, 3.05) is 13.1 Å². The van der Waals surface area contributed by atoms with Gasteiger partial charge in [-0.3, -0.25) is 4.79 Å². The normalized spacial score (nSPS) is 29.7. The Kier molecular flexibility index (Phi) is 4.58. The summed E-state index contributed by atoms with van der Waals surface area (Å²) in [6.45, 7) is 5.65. The summed E-state index contributed by atoms with van der Waals surface area (Å²) in [5.74, 6) is 0.842. The summed E-state index contributed by atoms with van der Waals surface area (Å²) < 4.78 is 0. The van der Waals surface area contributed by atoms with Crippen LogP contribution in [0.4, 0.5) is 0 Å². The number of amides is 1. The molecule has 0 saturated heterocycles. The van der Waals surface area contributed by atoms with Crippen LogP contribution >= 0.6 is 0 Å². The van der Waals surface area contributed by atoms with Gasteiger partial charge in [-0.2, -0.15) is 0 Å². The smallest absolute Gasteiger partial charge is 0.227 e. The third-order valence-electron chi connectivity index (χ3n) is 3.42. The van der Waals surface area contributed by atoms with Crippen LogP contribution in [0.5, 0.6) is 0 Å². The number of nitrogens with one attached hydrogen (secondary N) is 1. The lowest BCUT2D eigenvalue weighted by atomic mass is 9.62. The lowest BCUT2D eigenvalue weighted by Gasteiger charge is -2.44. The zero-order chi connectivity index (χ0) is 11.3. The fraction of sp³-hybridized carbons (Fsp3) is 0.917. The molecule has 0 radical (unpaired) electrons. The summed E-state index contributed by atoms with van der Waals surface area (Å²) in [4.78, 5) is 11.9. The molecule has 1 saturated carbocycles. The number of carbonyl (C=O) groups is 1. The van der Waals surface area contributed by atoms with Crippen molar-refractivity contribution in [3.63, 3.8) is 0 Å². The van der Waals surface area contributed by atoms with E-state index < -0.39 is 0 Å². The van der Waals surface area contributed by atoms with Crippen LogP contribution in [-0.4, -0.2) is 19.0 Å². The standard InChI is InChI=1S/C12H24N2O/c1-3-4-5-6-14-11(15)12(9-13)7-10(2)8-12/h10H,3-9,13H2,1-2H3,(H,14,15). The maximum absolute atomic E-state index is 11.9. The molecule has 15 heavy (non-hydrogen) atoms. The topological polar surface area (TPSA) is 55.1 Å². The third-order valence-corrected chi connectivity index (χ3v) is 3.42. The van der Waals surface area contributed by atoms with Gasteiger partial charge in [-0.15, -0.1) is 0 Å². The van der Waals surface area contributed by atoms with E-state index in [1.807, 2.05) is 0 Å². The van der Waals surface area contributed by atoms with E-state index in [2.05, 4.69) is 19.2 Å². The first-order chi connectivity index (χ1) is 7.14. The average Bonchev–Trinajstić information content (AvgIpc) is 2.19. The molecule has 88 valence electrons. The summed E-state index contributed by atoms with van der Waals surface area (Å²) in [5, 5.41) is 3.01. The minimum absolute atomic E-state index is 0.180. The van der Waals surface area contributed by atoms with Crippen LogP contribution in [0.2, 0.25) is 0 Å². The van der Waals surface area contributed by atoms with Crippen molar-refractivity contribution in [2.24, 2.45) is 17.1 Å². The number of hydrogen-bond acceptors (Lipinski definition) is 2. The molecule has 1 amide bonds. The predicted molar refractivity (Wildman–Crippen MR) is 62.4 cm³/mol. The zero-order valence-electron chi connectivity index (χ0n) is 10.0. The van der Waals surface area contributed by atoms with E-state index in [-0.39, 0.29) is 11.3 Å². The van der Waals surface area contributed by atoms with E-state index in [0.717, 1.165) is 25.8 Å². The number of nitrogens with two attached hydrogens (primary N) is 1. The van der Waals surface area contributed by atoms with E-state index in [9.17, 15) is 4.79 Å². The molecule has 3 N–H and O–H groups in total. The fourth-order valence-electron chi connectivity index (χ4n) is 2.48. The average molecular weight is 212 g/mol. The molecule has 0 unspecified atom stereocenters. The van der Waals surface area contributed by atoms with Gasteiger partial charge in [0, 0.05) is 13.1 Å². The van der Waals surface area contributed by atoms with Crippen LogP contribution in [0.25, 0.3) is 0 Å². The highest BCUT2D eigenvalue weighted by Crippen LogP contribution is 2.44. The van der Waals surface area contributed by atoms with Crippen LogP contribution in [0.1, 0.15) is 46.0 Å². The second-order valence-electron chi connectivity index (χ2n) is 4.96. The van der Waals surface area contributed by atoms with Gasteiger partial charge >= 0.3 is 0 Å². The molecule has 0 aromatic heterocycles. The first kappa shape index (κ1) is 12.5. The van der Waals surface area contributed by atoms with Gasteiger partial charge < -0.3 is 11.1 Å². The van der Waals surface area contributed by atoms with E-state index in [0.29, 0.717) is 12.5 Å². The SMILES string of the molecule is CCCCCNC(=O)C1(CN)CC(C)C1. The number of hydrogen-bond donors (Lipinski definition) is 2. The molecule has 0 aliphatic heterocycles. The van der Waals surface area contributed by atoms with Crippen molar-refractivity contribution in [1.82, 2.24) is 5.32 Å². The number of rotatable bonds is 6. The zero-order valence-corrected chi connectivity index (χ0v) is 10.0. The van der Waals surface area contributed by atoms with E-state index in [4.69, 9.17) is 5.73 Å². The molecule has 0 aromatic rings. The summed E-state index contributed by atoms with van der Waals surface area (Å²) in [6.07, 6.45) is 5.38. The van der Waals surface area contributed by atoms with Gasteiger partial charge in [0.1, 0.15) is 0 Å². The summed E-state index contributed by atoms with van der Waals surface area (Å²) in [6, 6.07) is 0. The minimum Gasteiger partial charge on any atom is -0.356 e. The van der Waals surface area contributed by atoms with Gasteiger partial charge in [0.2, 0.25) is 5.91 Å². The highest BCUT2D eigenvalue weighted by atomic mass is 16.2. The van der Waals surface area contributed by atoms with Gasteiger partial charge in [-0.05, 0) is 25.2 Å². The number of carbonyl (C=O) groups excluding carboxylic acids is 1. The summed E-state index contributed by atoms with van der Waals surface area (Å²) in [5.41, 5.74) is 5.47. The summed E-state index contributed by atoms with van der Waals surface area (Å²) >= 11 is 0. The highest BCUT2D eigenvalue weighted by Gasteiger charge is 2.46. The van der Waals surface area contributed by atoms with Crippen molar-refractivity contribution >= 4 is 5.91 Å². The first-order valence-electron chi connectivity index (χ1n) is 6.13. The van der Waals surface area contributed by atoms with Gasteiger partial charge in [-0.1, -0.05) is 26.7 Å². The van der Waals surface area contributed by atoms with Crippen LogP contribution in [-0.2, 0) is 4.79 Å². The van der Waals surface area contributed by atoms with E-state index in [1.165, 1.54) is 12.8 Å². The van der Waals surface area contributed by atoms with Crippen LogP contribution in [0, 0.1) is 11.3 Å². The second kappa shape index (κ2) is 5.50. The molecular formula is C12H24N2O. The van der Waals surface area contributed by atoms with E-state index in [1.54, 1.807) is 0 Å². The molecule has 0 heterocycles. The Morgan fingerprint density at radius 1 is 1.47 bits per heavy atom. The Hall–Kier alpha value is -0.570. The molecular weight excluding hydrogens is 188 g/mol. The quantitative estimate of drug-likeness (QED) is 0.658. The Morgan fingerprint density at radius 3 is 2.60 bits per heavy atom. The van der Waals surface area contributed by atoms with Crippen molar-refractivity contribution in [2.45, 2.75) is 46.0 Å². The van der Waals surface area contributed by atoms with Crippen LogP contribution < -0.4 is 11.1 Å². The van der Waals surface area contributed by atoms with Gasteiger partial charge in [0.05, 0.1) is 5.41 Å². The van der Waals surface area contributed by atoms with Gasteiger partial charge in [0.15, 0.2) is 0 Å².